The molecule has 0 aromatic carbocycles. The van der Waals surface area contributed by atoms with E-state index in [1.165, 1.54) is 0 Å². The normalized spacial score (nSPS) is 12.6. The second kappa shape index (κ2) is 5.42. The van der Waals surface area contributed by atoms with Gasteiger partial charge >= 0.3 is 0 Å². The molecule has 0 spiro atoms. The minimum Gasteiger partial charge on any atom is -0.313 e. The Morgan fingerprint density at radius 2 is 2.40 bits per heavy atom. The molecule has 0 aliphatic heterocycles. The van der Waals surface area contributed by atoms with Crippen LogP contribution >= 0.6 is 11.6 Å². The van der Waals surface area contributed by atoms with Crippen LogP contribution in [-0.2, 0) is 4.79 Å². The van der Waals surface area contributed by atoms with E-state index < -0.39 is 0 Å². The Hall–Kier alpha value is -0.370. The average molecular weight is 162 g/mol. The van der Waals surface area contributed by atoms with Crippen LogP contribution in [0.25, 0.3) is 0 Å². The standard InChI is InChI=1S/C7H12ClNO/c1-2-6(8)5-7(10)3-4-9/h4,6,9H,2-3,5H2,1H3. The van der Waals surface area contributed by atoms with E-state index in [0.717, 1.165) is 12.6 Å². The highest BCUT2D eigenvalue weighted by Gasteiger charge is 2.06. The van der Waals surface area contributed by atoms with Crippen LogP contribution in [0, 0.1) is 5.41 Å². The molecule has 0 bridgehead atoms. The van der Waals surface area contributed by atoms with Gasteiger partial charge in [0, 0.05) is 24.4 Å². The Bertz CT molecular complexity index is 125. The van der Waals surface area contributed by atoms with Crippen LogP contribution in [0.15, 0.2) is 0 Å². The molecule has 1 unspecified atom stereocenters. The van der Waals surface area contributed by atoms with Crippen LogP contribution in [0.5, 0.6) is 0 Å². The molecule has 0 saturated heterocycles. The number of carbonyl (C=O) groups excluding carboxylic acids is 1. The summed E-state index contributed by atoms with van der Waals surface area (Å²) >= 11 is 5.70. The first-order chi connectivity index (χ1) is 4.70. The molecule has 2 nitrogen and oxygen atoms in total. The summed E-state index contributed by atoms with van der Waals surface area (Å²) in [5.41, 5.74) is 0. The van der Waals surface area contributed by atoms with Crippen LogP contribution in [0.2, 0.25) is 0 Å². The predicted molar refractivity (Wildman–Crippen MR) is 43.0 cm³/mol. The molecule has 0 aromatic heterocycles. The van der Waals surface area contributed by atoms with E-state index in [9.17, 15) is 4.79 Å². The van der Waals surface area contributed by atoms with Gasteiger partial charge in [0.05, 0.1) is 0 Å². The average Bonchev–Trinajstić information content (AvgIpc) is 1.88. The van der Waals surface area contributed by atoms with Crippen LogP contribution in [-0.4, -0.2) is 17.4 Å². The number of ketones is 1. The second-order valence-corrected chi connectivity index (χ2v) is 2.77. The summed E-state index contributed by atoms with van der Waals surface area (Å²) in [6.07, 6.45) is 2.55. The number of nitrogens with one attached hydrogen (secondary N) is 1. The largest absolute Gasteiger partial charge is 0.313 e. The minimum atomic E-state index is -0.0487. The van der Waals surface area contributed by atoms with Crippen molar-refractivity contribution in [3.05, 3.63) is 0 Å². The molecule has 0 rings (SSSR count). The second-order valence-electron chi connectivity index (χ2n) is 2.16. The lowest BCUT2D eigenvalue weighted by Gasteiger charge is -2.01. The van der Waals surface area contributed by atoms with Crippen molar-refractivity contribution >= 4 is 23.6 Å². The number of hydrogen-bond donors (Lipinski definition) is 1. The van der Waals surface area contributed by atoms with Gasteiger partial charge in [0.2, 0.25) is 0 Å². The summed E-state index contributed by atoms with van der Waals surface area (Å²) in [5.74, 6) is 0.0526. The summed E-state index contributed by atoms with van der Waals surface area (Å²) in [6.45, 7) is 1.94. The third-order valence-electron chi connectivity index (χ3n) is 1.22. The van der Waals surface area contributed by atoms with Crippen molar-refractivity contribution in [2.45, 2.75) is 31.6 Å². The fourth-order valence-electron chi connectivity index (χ4n) is 0.589. The Morgan fingerprint density at radius 1 is 1.80 bits per heavy atom. The van der Waals surface area contributed by atoms with Crippen LogP contribution < -0.4 is 0 Å². The highest BCUT2D eigenvalue weighted by Crippen LogP contribution is 2.07. The number of alkyl halides is 1. The number of halogens is 1. The van der Waals surface area contributed by atoms with Gasteiger partial charge in [0.25, 0.3) is 0 Å². The third kappa shape index (κ3) is 4.50. The lowest BCUT2D eigenvalue weighted by molar-refractivity contribution is -0.117. The molecule has 0 aromatic rings. The molecule has 0 aliphatic carbocycles. The molecular weight excluding hydrogens is 150 g/mol. The Morgan fingerprint density at radius 3 is 2.80 bits per heavy atom. The van der Waals surface area contributed by atoms with Crippen LogP contribution in [0.3, 0.4) is 0 Å². The molecule has 10 heavy (non-hydrogen) atoms. The van der Waals surface area contributed by atoms with Crippen LogP contribution in [0.1, 0.15) is 26.2 Å². The summed E-state index contributed by atoms with van der Waals surface area (Å²) in [7, 11) is 0. The molecule has 58 valence electrons. The Kier molecular flexibility index (Phi) is 5.22. The monoisotopic (exact) mass is 161 g/mol. The molecule has 0 heterocycles. The van der Waals surface area contributed by atoms with Crippen LogP contribution in [0.4, 0.5) is 0 Å². The van der Waals surface area contributed by atoms with Crippen molar-refractivity contribution in [2.24, 2.45) is 0 Å². The van der Waals surface area contributed by atoms with Crippen molar-refractivity contribution in [3.8, 4) is 0 Å². The molecule has 0 aliphatic rings. The van der Waals surface area contributed by atoms with E-state index in [4.69, 9.17) is 17.0 Å². The maximum Gasteiger partial charge on any atom is 0.139 e. The van der Waals surface area contributed by atoms with Gasteiger partial charge in [0.1, 0.15) is 5.78 Å². The smallest absolute Gasteiger partial charge is 0.139 e. The van der Waals surface area contributed by atoms with Crippen molar-refractivity contribution in [2.75, 3.05) is 0 Å². The van der Waals surface area contributed by atoms with Gasteiger partial charge in [-0.15, -0.1) is 11.6 Å². The zero-order valence-electron chi connectivity index (χ0n) is 6.06. The van der Waals surface area contributed by atoms with Gasteiger partial charge in [-0.1, -0.05) is 6.92 Å². The van der Waals surface area contributed by atoms with Gasteiger partial charge in [-0.25, -0.2) is 0 Å². The molecule has 1 atom stereocenters. The van der Waals surface area contributed by atoms with E-state index in [0.29, 0.717) is 6.42 Å². The molecule has 0 radical (unpaired) electrons. The van der Waals surface area contributed by atoms with E-state index in [1.54, 1.807) is 0 Å². The third-order valence-corrected chi connectivity index (χ3v) is 1.68. The maximum atomic E-state index is 10.8. The summed E-state index contributed by atoms with van der Waals surface area (Å²) in [6, 6.07) is 0. The molecule has 0 amide bonds. The topological polar surface area (TPSA) is 40.9 Å². The highest BCUT2D eigenvalue weighted by atomic mass is 35.5. The Labute approximate surface area is 66.1 Å². The maximum absolute atomic E-state index is 10.8. The van der Waals surface area contributed by atoms with Gasteiger partial charge in [-0.3, -0.25) is 4.79 Å². The molecular formula is C7H12ClNO. The van der Waals surface area contributed by atoms with Crippen molar-refractivity contribution < 1.29 is 4.79 Å². The van der Waals surface area contributed by atoms with E-state index in [2.05, 4.69) is 0 Å². The van der Waals surface area contributed by atoms with E-state index >= 15 is 0 Å². The number of Topliss-reactive ketones (excluding diaryl/α,β-unsaturated/α-hetero) is 1. The molecule has 1 N–H and O–H groups in total. The summed E-state index contributed by atoms with van der Waals surface area (Å²) < 4.78 is 0. The first-order valence-electron chi connectivity index (χ1n) is 3.35. The van der Waals surface area contributed by atoms with Gasteiger partial charge in [-0.2, -0.15) is 0 Å². The number of rotatable bonds is 5. The summed E-state index contributed by atoms with van der Waals surface area (Å²) in [4.78, 5) is 10.8. The van der Waals surface area contributed by atoms with E-state index in [-0.39, 0.29) is 17.6 Å². The molecule has 0 fully saturated rings. The number of hydrogen-bond acceptors (Lipinski definition) is 2. The van der Waals surface area contributed by atoms with Crippen molar-refractivity contribution in [1.82, 2.24) is 0 Å². The lowest BCUT2D eigenvalue weighted by atomic mass is 10.1. The highest BCUT2D eigenvalue weighted by molar-refractivity contribution is 6.21. The number of carbonyl (C=O) groups is 1. The van der Waals surface area contributed by atoms with Crippen molar-refractivity contribution in [3.63, 3.8) is 0 Å². The molecule has 0 saturated carbocycles. The fraction of sp³-hybridized carbons (Fsp3) is 0.714. The van der Waals surface area contributed by atoms with Gasteiger partial charge in [0.15, 0.2) is 0 Å². The lowest BCUT2D eigenvalue weighted by Crippen LogP contribution is -2.06. The first kappa shape index (κ1) is 9.63. The Balaban J connectivity index is 3.46. The fourth-order valence-corrected chi connectivity index (χ4v) is 0.761. The zero-order chi connectivity index (χ0) is 7.98. The quantitative estimate of drug-likeness (QED) is 0.486. The van der Waals surface area contributed by atoms with E-state index in [1.807, 2.05) is 6.92 Å². The van der Waals surface area contributed by atoms with Crippen molar-refractivity contribution in [1.29, 1.82) is 5.41 Å². The summed E-state index contributed by atoms with van der Waals surface area (Å²) in [5, 5.41) is 6.60. The zero-order valence-corrected chi connectivity index (χ0v) is 6.82. The SMILES string of the molecule is CCC(Cl)CC(=O)CC=N. The molecule has 3 heteroatoms. The van der Waals surface area contributed by atoms with Gasteiger partial charge in [-0.05, 0) is 6.42 Å². The predicted octanol–water partition coefficient (Wildman–Crippen LogP) is 2.00. The first-order valence-corrected chi connectivity index (χ1v) is 3.79. The van der Waals surface area contributed by atoms with Gasteiger partial charge < -0.3 is 5.41 Å². The minimum absolute atomic E-state index is 0.0487.